The summed E-state index contributed by atoms with van der Waals surface area (Å²) >= 11 is 14.9. The quantitative estimate of drug-likeness (QED) is 0.608. The summed E-state index contributed by atoms with van der Waals surface area (Å²) in [6, 6.07) is 8.61. The van der Waals surface area contributed by atoms with Gasteiger partial charge < -0.3 is 0 Å². The van der Waals surface area contributed by atoms with Crippen LogP contribution in [-0.2, 0) is 0 Å². The van der Waals surface area contributed by atoms with Crippen LogP contribution in [0.25, 0.3) is 0 Å². The van der Waals surface area contributed by atoms with Crippen LogP contribution in [0.3, 0.4) is 0 Å². The van der Waals surface area contributed by atoms with Crippen molar-refractivity contribution in [2.75, 3.05) is 0 Å². The molecule has 0 fully saturated rings. The van der Waals surface area contributed by atoms with Crippen LogP contribution < -0.4 is 0 Å². The largest absolute Gasteiger partial charge is 0.207 e. The summed E-state index contributed by atoms with van der Waals surface area (Å²) in [7, 11) is 0. The molecular formula is C13H7BrCl2F2. The lowest BCUT2D eigenvalue weighted by atomic mass is 10.0. The summed E-state index contributed by atoms with van der Waals surface area (Å²) in [6.45, 7) is 0. The van der Waals surface area contributed by atoms with E-state index in [2.05, 4.69) is 15.9 Å². The normalized spacial score (nSPS) is 12.5. The minimum Gasteiger partial charge on any atom is -0.207 e. The van der Waals surface area contributed by atoms with Crippen LogP contribution in [0.15, 0.2) is 40.9 Å². The van der Waals surface area contributed by atoms with Gasteiger partial charge in [0.1, 0.15) is 11.6 Å². The SMILES string of the molecule is Fc1ccc(C(Cl)c2ccc(Cl)cc2F)cc1Br. The zero-order valence-electron chi connectivity index (χ0n) is 8.93. The van der Waals surface area contributed by atoms with Gasteiger partial charge in [0.05, 0.1) is 9.85 Å². The first-order chi connectivity index (χ1) is 8.49. The van der Waals surface area contributed by atoms with E-state index in [0.29, 0.717) is 20.6 Å². The van der Waals surface area contributed by atoms with Gasteiger partial charge in [-0.3, -0.25) is 0 Å². The molecule has 0 saturated heterocycles. The van der Waals surface area contributed by atoms with E-state index in [9.17, 15) is 8.78 Å². The molecule has 0 N–H and O–H groups in total. The van der Waals surface area contributed by atoms with Gasteiger partial charge in [0.15, 0.2) is 0 Å². The van der Waals surface area contributed by atoms with Crippen molar-refractivity contribution >= 4 is 39.1 Å². The zero-order chi connectivity index (χ0) is 13.3. The monoisotopic (exact) mass is 350 g/mol. The van der Waals surface area contributed by atoms with Crippen LogP contribution in [0.2, 0.25) is 5.02 Å². The van der Waals surface area contributed by atoms with Crippen LogP contribution >= 0.6 is 39.1 Å². The molecular weight excluding hydrogens is 345 g/mol. The Bertz CT molecular complexity index is 587. The van der Waals surface area contributed by atoms with E-state index in [1.807, 2.05) is 0 Å². The molecule has 1 unspecified atom stereocenters. The van der Waals surface area contributed by atoms with Crippen molar-refractivity contribution in [3.63, 3.8) is 0 Å². The summed E-state index contributed by atoms with van der Waals surface area (Å²) in [5, 5.41) is -0.389. The van der Waals surface area contributed by atoms with Crippen LogP contribution in [-0.4, -0.2) is 0 Å². The zero-order valence-corrected chi connectivity index (χ0v) is 12.0. The number of benzene rings is 2. The molecule has 0 heterocycles. The summed E-state index contributed by atoms with van der Waals surface area (Å²) in [6.07, 6.45) is 0. The number of halogens is 5. The second-order valence-electron chi connectivity index (χ2n) is 3.70. The second-order valence-corrected chi connectivity index (χ2v) is 5.43. The Labute approximate surface area is 122 Å². The molecule has 0 bridgehead atoms. The van der Waals surface area contributed by atoms with Gasteiger partial charge in [-0.1, -0.05) is 23.7 Å². The lowest BCUT2D eigenvalue weighted by Crippen LogP contribution is -1.97. The molecule has 0 spiro atoms. The third kappa shape index (κ3) is 2.85. The summed E-state index contributed by atoms with van der Waals surface area (Å²) in [4.78, 5) is 0. The van der Waals surface area contributed by atoms with Gasteiger partial charge in [-0.05, 0) is 45.8 Å². The molecule has 0 aliphatic heterocycles. The maximum Gasteiger partial charge on any atom is 0.137 e. The first-order valence-corrected chi connectivity index (χ1v) is 6.63. The number of alkyl halides is 1. The topological polar surface area (TPSA) is 0 Å². The predicted molar refractivity (Wildman–Crippen MR) is 73.2 cm³/mol. The van der Waals surface area contributed by atoms with Crippen LogP contribution in [0, 0.1) is 11.6 Å². The highest BCUT2D eigenvalue weighted by molar-refractivity contribution is 9.10. The van der Waals surface area contributed by atoms with E-state index < -0.39 is 11.2 Å². The van der Waals surface area contributed by atoms with E-state index >= 15 is 0 Å². The molecule has 1 atom stereocenters. The lowest BCUT2D eigenvalue weighted by molar-refractivity contribution is 0.611. The Balaban J connectivity index is 2.41. The van der Waals surface area contributed by atoms with Crippen LogP contribution in [0.4, 0.5) is 8.78 Å². The molecule has 0 amide bonds. The Morgan fingerprint density at radius 1 is 1.00 bits per heavy atom. The van der Waals surface area contributed by atoms with E-state index in [4.69, 9.17) is 23.2 Å². The Morgan fingerprint density at radius 3 is 2.33 bits per heavy atom. The fourth-order valence-corrected chi connectivity index (χ4v) is 2.42. The maximum absolute atomic E-state index is 13.7. The average molecular weight is 352 g/mol. The van der Waals surface area contributed by atoms with Gasteiger partial charge in [0.25, 0.3) is 0 Å². The average Bonchev–Trinajstić information content (AvgIpc) is 2.32. The Hall–Kier alpha value is -0.640. The molecule has 2 rings (SSSR count). The first kappa shape index (κ1) is 13.8. The molecule has 0 aliphatic rings. The van der Waals surface area contributed by atoms with E-state index in [0.717, 1.165) is 0 Å². The van der Waals surface area contributed by atoms with Crippen molar-refractivity contribution < 1.29 is 8.78 Å². The summed E-state index contributed by atoms with van der Waals surface area (Å²) < 4.78 is 27.1. The van der Waals surface area contributed by atoms with Gasteiger partial charge >= 0.3 is 0 Å². The molecule has 0 radical (unpaired) electrons. The fourth-order valence-electron chi connectivity index (χ4n) is 1.56. The van der Waals surface area contributed by atoms with Gasteiger partial charge in [0, 0.05) is 10.6 Å². The molecule has 0 aliphatic carbocycles. The van der Waals surface area contributed by atoms with Crippen molar-refractivity contribution in [3.05, 3.63) is 68.7 Å². The van der Waals surface area contributed by atoms with Crippen molar-refractivity contribution in [3.8, 4) is 0 Å². The smallest absolute Gasteiger partial charge is 0.137 e. The van der Waals surface area contributed by atoms with Crippen molar-refractivity contribution in [2.45, 2.75) is 5.38 Å². The highest BCUT2D eigenvalue weighted by Gasteiger charge is 2.16. The first-order valence-electron chi connectivity index (χ1n) is 5.03. The van der Waals surface area contributed by atoms with Gasteiger partial charge in [-0.25, -0.2) is 8.78 Å². The number of hydrogen-bond acceptors (Lipinski definition) is 0. The molecule has 0 aromatic heterocycles. The standard InChI is InChI=1S/C13H7BrCl2F2/c14-10-5-7(1-4-11(10)17)13(16)9-3-2-8(15)6-12(9)18/h1-6,13H. The predicted octanol–water partition coefficient (Wildman–Crippen LogP) is 5.71. The molecule has 18 heavy (non-hydrogen) atoms. The van der Waals surface area contributed by atoms with Crippen LogP contribution in [0.5, 0.6) is 0 Å². The highest BCUT2D eigenvalue weighted by Crippen LogP contribution is 2.33. The molecule has 5 heteroatoms. The van der Waals surface area contributed by atoms with Gasteiger partial charge in [0.2, 0.25) is 0 Å². The van der Waals surface area contributed by atoms with Crippen molar-refractivity contribution in [1.82, 2.24) is 0 Å². The second kappa shape index (κ2) is 5.55. The molecule has 0 nitrogen and oxygen atoms in total. The third-order valence-electron chi connectivity index (χ3n) is 2.47. The molecule has 94 valence electrons. The third-order valence-corrected chi connectivity index (χ3v) is 3.80. The molecule has 2 aromatic rings. The number of hydrogen-bond donors (Lipinski definition) is 0. The molecule has 0 saturated carbocycles. The minimum atomic E-state index is -0.695. The van der Waals surface area contributed by atoms with E-state index in [-0.39, 0.29) is 5.82 Å². The highest BCUT2D eigenvalue weighted by atomic mass is 79.9. The molecule has 2 aromatic carbocycles. The lowest BCUT2D eigenvalue weighted by Gasteiger charge is -2.12. The van der Waals surface area contributed by atoms with Crippen molar-refractivity contribution in [1.29, 1.82) is 0 Å². The van der Waals surface area contributed by atoms with E-state index in [1.54, 1.807) is 6.07 Å². The number of rotatable bonds is 2. The van der Waals surface area contributed by atoms with E-state index in [1.165, 1.54) is 30.3 Å². The van der Waals surface area contributed by atoms with Gasteiger partial charge in [-0.2, -0.15) is 0 Å². The van der Waals surface area contributed by atoms with Crippen molar-refractivity contribution in [2.24, 2.45) is 0 Å². The Morgan fingerprint density at radius 2 is 1.72 bits per heavy atom. The maximum atomic E-state index is 13.7. The summed E-state index contributed by atoms with van der Waals surface area (Å²) in [5.74, 6) is -0.873. The minimum absolute atomic E-state index is 0.292. The van der Waals surface area contributed by atoms with Crippen LogP contribution in [0.1, 0.15) is 16.5 Å². The fraction of sp³-hybridized carbons (Fsp3) is 0.0769. The van der Waals surface area contributed by atoms with Gasteiger partial charge in [-0.15, -0.1) is 11.6 Å². The Kier molecular flexibility index (Phi) is 4.25. The summed E-state index contributed by atoms with van der Waals surface area (Å²) in [5.41, 5.74) is 0.908.